The van der Waals surface area contributed by atoms with Crippen LogP contribution in [0.2, 0.25) is 0 Å². The van der Waals surface area contributed by atoms with Gasteiger partial charge in [0.2, 0.25) is 5.91 Å². The second-order valence-electron chi connectivity index (χ2n) is 7.49. The quantitative estimate of drug-likeness (QED) is 0.815. The van der Waals surface area contributed by atoms with E-state index in [9.17, 15) is 13.2 Å². The molecule has 3 fully saturated rings. The van der Waals surface area contributed by atoms with E-state index < -0.39 is 9.84 Å². The van der Waals surface area contributed by atoms with Gasteiger partial charge in [0, 0.05) is 12.1 Å². The molecule has 0 aromatic heterocycles. The second kappa shape index (κ2) is 6.48. The minimum absolute atomic E-state index is 0.139. The molecule has 0 aromatic carbocycles. The van der Waals surface area contributed by atoms with Crippen LogP contribution in [0.4, 0.5) is 0 Å². The van der Waals surface area contributed by atoms with Crippen LogP contribution in [-0.2, 0) is 14.6 Å². The summed E-state index contributed by atoms with van der Waals surface area (Å²) in [6.45, 7) is 0. The number of amides is 1. The number of hydrogen-bond donors (Lipinski definition) is 2. The van der Waals surface area contributed by atoms with Gasteiger partial charge in [-0.2, -0.15) is 0 Å². The molecule has 3 aliphatic carbocycles. The number of nitrogens with two attached hydrogens (primary N) is 1. The molecule has 3 rings (SSSR count). The lowest BCUT2D eigenvalue weighted by Gasteiger charge is -2.45. The van der Waals surface area contributed by atoms with Gasteiger partial charge in [-0.3, -0.25) is 4.79 Å². The fraction of sp³-hybridized carbons (Fsp3) is 0.938. The molecular weight excluding hydrogens is 300 g/mol. The van der Waals surface area contributed by atoms with Crippen molar-refractivity contribution in [3.63, 3.8) is 0 Å². The Morgan fingerprint density at radius 1 is 1.00 bits per heavy atom. The van der Waals surface area contributed by atoms with Gasteiger partial charge in [-0.05, 0) is 50.4 Å². The van der Waals surface area contributed by atoms with Gasteiger partial charge >= 0.3 is 0 Å². The summed E-state index contributed by atoms with van der Waals surface area (Å²) in [7, 11) is -3.28. The summed E-state index contributed by atoms with van der Waals surface area (Å²) in [6.07, 6.45) is 8.70. The molecule has 1 amide bonds. The maximum atomic E-state index is 12.3. The average molecular weight is 328 g/mol. The second-order valence-corrected chi connectivity index (χ2v) is 9.77. The van der Waals surface area contributed by atoms with Crippen LogP contribution in [0, 0.1) is 11.8 Å². The van der Waals surface area contributed by atoms with Crippen LogP contribution < -0.4 is 11.1 Å². The predicted molar refractivity (Wildman–Crippen MR) is 86.0 cm³/mol. The fourth-order valence-corrected chi connectivity index (χ4v) is 6.54. The Morgan fingerprint density at radius 3 is 2.18 bits per heavy atom. The smallest absolute Gasteiger partial charge is 0.235 e. The zero-order valence-corrected chi connectivity index (χ0v) is 14.0. The van der Waals surface area contributed by atoms with Crippen molar-refractivity contribution in [1.82, 2.24) is 5.32 Å². The Labute approximate surface area is 133 Å². The van der Waals surface area contributed by atoms with E-state index in [4.69, 9.17) is 5.73 Å². The average Bonchev–Trinajstić information content (AvgIpc) is 2.94. The van der Waals surface area contributed by atoms with Crippen molar-refractivity contribution in [1.29, 1.82) is 0 Å². The van der Waals surface area contributed by atoms with Gasteiger partial charge in [0.05, 0.1) is 5.25 Å². The van der Waals surface area contributed by atoms with Crippen LogP contribution in [0.5, 0.6) is 0 Å². The van der Waals surface area contributed by atoms with Crippen LogP contribution in [0.15, 0.2) is 0 Å². The normalized spacial score (nSPS) is 36.2. The van der Waals surface area contributed by atoms with Crippen LogP contribution in [0.1, 0.15) is 57.8 Å². The van der Waals surface area contributed by atoms with E-state index in [0.29, 0.717) is 11.8 Å². The molecule has 0 radical (unpaired) electrons. The summed E-state index contributed by atoms with van der Waals surface area (Å²) >= 11 is 0. The summed E-state index contributed by atoms with van der Waals surface area (Å²) in [5.74, 6) is 0.227. The number of nitrogens with one attached hydrogen (secondary N) is 1. The van der Waals surface area contributed by atoms with Crippen molar-refractivity contribution in [2.75, 3.05) is 5.75 Å². The molecule has 2 atom stereocenters. The third-order valence-electron chi connectivity index (χ3n) is 5.85. The Hall–Kier alpha value is -0.620. The fourth-order valence-electron chi connectivity index (χ4n) is 4.80. The van der Waals surface area contributed by atoms with Crippen molar-refractivity contribution in [3.05, 3.63) is 0 Å². The maximum Gasteiger partial charge on any atom is 0.235 e. The first-order valence-electron chi connectivity index (χ1n) is 8.72. The molecule has 0 aromatic rings. The van der Waals surface area contributed by atoms with Gasteiger partial charge in [0.25, 0.3) is 0 Å². The monoisotopic (exact) mass is 328 g/mol. The summed E-state index contributed by atoms with van der Waals surface area (Å²) in [4.78, 5) is 12.3. The van der Waals surface area contributed by atoms with Gasteiger partial charge in [0.15, 0.2) is 9.84 Å². The summed E-state index contributed by atoms with van der Waals surface area (Å²) in [5, 5.41) is 2.75. The van der Waals surface area contributed by atoms with Gasteiger partial charge in [-0.1, -0.05) is 19.3 Å². The first kappa shape index (κ1) is 16.2. The highest BCUT2D eigenvalue weighted by molar-refractivity contribution is 7.92. The molecule has 0 aliphatic heterocycles. The molecule has 2 unspecified atom stereocenters. The third kappa shape index (κ3) is 3.48. The third-order valence-corrected chi connectivity index (χ3v) is 8.00. The standard InChI is InChI=1S/C16H28N2O3S/c17-13-8-11-4-3-5-12(9-13)16(11)18-15(19)10-22(20,21)14-6-1-2-7-14/h11-14,16H,1-10,17H2,(H,18,19). The van der Waals surface area contributed by atoms with Gasteiger partial charge in [0.1, 0.15) is 5.75 Å². The van der Waals surface area contributed by atoms with Crippen molar-refractivity contribution in [3.8, 4) is 0 Å². The lowest BCUT2D eigenvalue weighted by atomic mass is 9.67. The molecule has 0 spiro atoms. The van der Waals surface area contributed by atoms with Crippen molar-refractivity contribution in [2.45, 2.75) is 75.1 Å². The lowest BCUT2D eigenvalue weighted by molar-refractivity contribution is -0.120. The first-order valence-corrected chi connectivity index (χ1v) is 10.4. The molecule has 0 saturated heterocycles. The van der Waals surface area contributed by atoms with E-state index in [-0.39, 0.29) is 29.0 Å². The molecule has 3 saturated carbocycles. The van der Waals surface area contributed by atoms with Gasteiger partial charge < -0.3 is 11.1 Å². The number of carbonyl (C=O) groups is 1. The van der Waals surface area contributed by atoms with E-state index in [0.717, 1.165) is 51.4 Å². The molecule has 126 valence electrons. The van der Waals surface area contributed by atoms with Gasteiger partial charge in [-0.25, -0.2) is 8.42 Å². The highest BCUT2D eigenvalue weighted by Crippen LogP contribution is 2.39. The minimum atomic E-state index is -3.28. The molecule has 22 heavy (non-hydrogen) atoms. The zero-order chi connectivity index (χ0) is 15.7. The summed E-state index contributed by atoms with van der Waals surface area (Å²) in [6, 6.07) is 0.380. The Bertz CT molecular complexity index is 499. The molecule has 3 N–H and O–H groups in total. The lowest BCUT2D eigenvalue weighted by Crippen LogP contribution is -2.54. The number of fused-ring (bicyclic) bond motifs is 2. The molecule has 6 heteroatoms. The Morgan fingerprint density at radius 2 is 1.59 bits per heavy atom. The molecule has 3 aliphatic rings. The van der Waals surface area contributed by atoms with Crippen LogP contribution in [0.3, 0.4) is 0 Å². The molecular formula is C16H28N2O3S. The number of sulfone groups is 1. The summed E-state index contributed by atoms with van der Waals surface area (Å²) < 4.78 is 24.6. The van der Waals surface area contributed by atoms with E-state index in [2.05, 4.69) is 5.32 Å². The van der Waals surface area contributed by atoms with Crippen molar-refractivity contribution in [2.24, 2.45) is 17.6 Å². The van der Waals surface area contributed by atoms with Gasteiger partial charge in [-0.15, -0.1) is 0 Å². The van der Waals surface area contributed by atoms with E-state index >= 15 is 0 Å². The topological polar surface area (TPSA) is 89.3 Å². The Kier molecular flexibility index (Phi) is 4.78. The largest absolute Gasteiger partial charge is 0.352 e. The highest BCUT2D eigenvalue weighted by atomic mass is 32.2. The zero-order valence-electron chi connectivity index (χ0n) is 13.2. The van der Waals surface area contributed by atoms with Crippen molar-refractivity contribution >= 4 is 15.7 Å². The summed E-state index contributed by atoms with van der Waals surface area (Å²) in [5.41, 5.74) is 6.09. The van der Waals surface area contributed by atoms with Crippen molar-refractivity contribution < 1.29 is 13.2 Å². The maximum absolute atomic E-state index is 12.3. The van der Waals surface area contributed by atoms with Crippen LogP contribution in [-0.4, -0.2) is 37.4 Å². The highest BCUT2D eigenvalue weighted by Gasteiger charge is 2.40. The SMILES string of the molecule is NC1CC2CCCC(C1)C2NC(=O)CS(=O)(=O)C1CCCC1. The van der Waals surface area contributed by atoms with E-state index in [1.54, 1.807) is 0 Å². The predicted octanol–water partition coefficient (Wildman–Crippen LogP) is 1.37. The molecule has 5 nitrogen and oxygen atoms in total. The molecule has 0 heterocycles. The Balaban J connectivity index is 1.59. The first-order chi connectivity index (χ1) is 10.5. The van der Waals surface area contributed by atoms with E-state index in [1.807, 2.05) is 0 Å². The number of carbonyl (C=O) groups excluding carboxylic acids is 1. The minimum Gasteiger partial charge on any atom is -0.352 e. The van der Waals surface area contributed by atoms with Crippen LogP contribution >= 0.6 is 0 Å². The van der Waals surface area contributed by atoms with Crippen LogP contribution in [0.25, 0.3) is 0 Å². The number of rotatable bonds is 4. The van der Waals surface area contributed by atoms with E-state index in [1.165, 1.54) is 6.42 Å². The molecule has 2 bridgehead atoms. The number of hydrogen-bond acceptors (Lipinski definition) is 4.